The highest BCUT2D eigenvalue weighted by Crippen LogP contribution is 2.30. The van der Waals surface area contributed by atoms with Crippen molar-refractivity contribution in [3.8, 4) is 16.9 Å². The Hall–Kier alpha value is -2.88. The molecule has 8 nitrogen and oxygen atoms in total. The maximum absolute atomic E-state index is 13.7. The number of carbonyl (C=O) groups is 1. The van der Waals surface area contributed by atoms with Crippen molar-refractivity contribution in [3.63, 3.8) is 0 Å². The number of ether oxygens (including phenoxy) is 1. The monoisotopic (exact) mass is 478 g/mol. The van der Waals surface area contributed by atoms with E-state index >= 15 is 0 Å². The van der Waals surface area contributed by atoms with Crippen LogP contribution in [-0.4, -0.2) is 39.9 Å². The molecule has 4 rings (SSSR count). The van der Waals surface area contributed by atoms with Crippen molar-refractivity contribution < 1.29 is 13.9 Å². The second-order valence-electron chi connectivity index (χ2n) is 7.49. The molecule has 11 heteroatoms. The highest BCUT2D eigenvalue weighted by atomic mass is 35.5. The summed E-state index contributed by atoms with van der Waals surface area (Å²) in [5.74, 6) is -0.298. The number of primary amides is 1. The molecule has 0 bridgehead atoms. The number of nitrogens with one attached hydrogen (secondary N) is 1. The molecule has 0 aliphatic carbocycles. The molecule has 0 radical (unpaired) electrons. The van der Waals surface area contributed by atoms with Gasteiger partial charge in [0.1, 0.15) is 5.82 Å². The summed E-state index contributed by atoms with van der Waals surface area (Å²) < 4.78 is 21.3. The van der Waals surface area contributed by atoms with Crippen LogP contribution in [-0.2, 0) is 11.2 Å². The molecule has 1 aromatic carbocycles. The Morgan fingerprint density at radius 1 is 1.31 bits per heavy atom. The zero-order valence-corrected chi connectivity index (χ0v) is 18.4. The van der Waals surface area contributed by atoms with Gasteiger partial charge >= 0.3 is 0 Å². The van der Waals surface area contributed by atoms with Gasteiger partial charge in [0.05, 0.1) is 29.9 Å². The smallest absolute Gasteiger partial charge is 0.234 e. The maximum atomic E-state index is 13.7. The molecule has 32 heavy (non-hydrogen) atoms. The van der Waals surface area contributed by atoms with E-state index in [1.807, 2.05) is 6.20 Å². The van der Waals surface area contributed by atoms with Crippen LogP contribution in [0.2, 0.25) is 10.0 Å². The number of amides is 1. The molecule has 5 N–H and O–H groups in total. The van der Waals surface area contributed by atoms with Gasteiger partial charge in [-0.25, -0.2) is 9.37 Å². The lowest BCUT2D eigenvalue weighted by atomic mass is 10.1. The van der Waals surface area contributed by atoms with Crippen molar-refractivity contribution >= 4 is 34.9 Å². The minimum atomic E-state index is -0.536. The van der Waals surface area contributed by atoms with Crippen LogP contribution < -0.4 is 21.5 Å². The predicted octanol–water partition coefficient (Wildman–Crippen LogP) is 2.98. The lowest BCUT2D eigenvalue weighted by Crippen LogP contribution is -2.36. The van der Waals surface area contributed by atoms with Gasteiger partial charge in [0.15, 0.2) is 11.6 Å². The minimum absolute atomic E-state index is 0.0201. The molecule has 3 heterocycles. The standard InChI is InChI=1S/C21H21Cl2FN6O2/c22-15-1-2-16(24)19(23)14(15)3-4-32-18-5-11(7-28-20(18)25)12-8-29-30(10-12)13-6-17(21(26)31)27-9-13/h1-2,5,7-8,10,13,17,27H,3-4,6,9H2,(H2,25,28)(H2,26,31). The Labute approximate surface area is 193 Å². The first kappa shape index (κ1) is 22.3. The van der Waals surface area contributed by atoms with Gasteiger partial charge in [-0.15, -0.1) is 0 Å². The van der Waals surface area contributed by atoms with Crippen LogP contribution in [0.15, 0.2) is 36.8 Å². The second kappa shape index (κ2) is 9.32. The number of nitrogens with two attached hydrogens (primary N) is 2. The number of benzene rings is 1. The predicted molar refractivity (Wildman–Crippen MR) is 120 cm³/mol. The Balaban J connectivity index is 1.45. The lowest BCUT2D eigenvalue weighted by molar-refractivity contribution is -0.119. The fraction of sp³-hybridized carbons (Fsp3) is 0.286. The van der Waals surface area contributed by atoms with Crippen molar-refractivity contribution in [1.82, 2.24) is 20.1 Å². The summed E-state index contributed by atoms with van der Waals surface area (Å²) in [4.78, 5) is 15.6. The Bertz CT molecular complexity index is 1160. The van der Waals surface area contributed by atoms with Crippen LogP contribution in [0.3, 0.4) is 0 Å². The lowest BCUT2D eigenvalue weighted by Gasteiger charge is -2.12. The molecule has 2 atom stereocenters. The molecule has 1 saturated heterocycles. The molecule has 1 aliphatic rings. The van der Waals surface area contributed by atoms with E-state index in [4.69, 9.17) is 39.4 Å². The van der Waals surface area contributed by atoms with Gasteiger partial charge in [-0.2, -0.15) is 5.10 Å². The number of pyridine rings is 1. The summed E-state index contributed by atoms with van der Waals surface area (Å²) in [6.45, 7) is 0.786. The molecule has 0 saturated carbocycles. The molecule has 2 unspecified atom stereocenters. The summed E-state index contributed by atoms with van der Waals surface area (Å²) in [5, 5.41) is 7.85. The van der Waals surface area contributed by atoms with Gasteiger partial charge < -0.3 is 21.5 Å². The van der Waals surface area contributed by atoms with Crippen molar-refractivity contribution in [3.05, 3.63) is 58.2 Å². The first-order valence-electron chi connectivity index (χ1n) is 9.91. The minimum Gasteiger partial charge on any atom is -0.489 e. The number of nitrogen functional groups attached to an aromatic ring is 1. The first-order valence-corrected chi connectivity index (χ1v) is 10.7. The van der Waals surface area contributed by atoms with Crippen LogP contribution >= 0.6 is 23.2 Å². The first-order chi connectivity index (χ1) is 15.3. The second-order valence-corrected chi connectivity index (χ2v) is 8.27. The quantitative estimate of drug-likeness (QED) is 0.448. The molecular formula is C21H21Cl2FN6O2. The van der Waals surface area contributed by atoms with Crippen molar-refractivity contribution in [2.75, 3.05) is 18.9 Å². The average molecular weight is 479 g/mol. The van der Waals surface area contributed by atoms with E-state index < -0.39 is 5.82 Å². The molecule has 1 aliphatic heterocycles. The van der Waals surface area contributed by atoms with Gasteiger partial charge in [0.2, 0.25) is 5.91 Å². The van der Waals surface area contributed by atoms with Crippen molar-refractivity contribution in [2.45, 2.75) is 24.9 Å². The number of hydrogen-bond acceptors (Lipinski definition) is 6. The summed E-state index contributed by atoms with van der Waals surface area (Å²) in [6.07, 6.45) is 6.09. The molecule has 1 fully saturated rings. The van der Waals surface area contributed by atoms with Crippen LogP contribution in [0.4, 0.5) is 10.2 Å². The SMILES string of the molecule is NC(=O)C1CC(n2cc(-c3cnc(N)c(OCCc4c(Cl)ccc(F)c4Cl)c3)cn2)CN1. The third-order valence-electron chi connectivity index (χ3n) is 5.39. The van der Waals surface area contributed by atoms with Crippen LogP contribution in [0.25, 0.3) is 11.1 Å². The van der Waals surface area contributed by atoms with E-state index in [2.05, 4.69) is 15.4 Å². The number of halogens is 3. The average Bonchev–Trinajstić information content (AvgIpc) is 3.44. The van der Waals surface area contributed by atoms with Gasteiger partial charge in [0.25, 0.3) is 0 Å². The van der Waals surface area contributed by atoms with E-state index in [1.165, 1.54) is 12.1 Å². The third-order valence-corrected chi connectivity index (χ3v) is 6.15. The molecule has 0 spiro atoms. The molecule has 2 aromatic heterocycles. The number of rotatable bonds is 7. The molecule has 3 aromatic rings. The number of nitrogens with zero attached hydrogens (tertiary/aromatic N) is 3. The Morgan fingerprint density at radius 3 is 2.88 bits per heavy atom. The van der Waals surface area contributed by atoms with Crippen LogP contribution in [0.5, 0.6) is 5.75 Å². The zero-order chi connectivity index (χ0) is 22.8. The van der Waals surface area contributed by atoms with Crippen molar-refractivity contribution in [2.24, 2.45) is 5.73 Å². The Kier molecular flexibility index (Phi) is 6.50. The summed E-state index contributed by atoms with van der Waals surface area (Å²) in [7, 11) is 0. The third kappa shape index (κ3) is 4.64. The molecular weight excluding hydrogens is 458 g/mol. The van der Waals surface area contributed by atoms with E-state index in [1.54, 1.807) is 23.1 Å². The summed E-state index contributed by atoms with van der Waals surface area (Å²) in [6, 6.07) is 4.11. The number of anilines is 1. The normalized spacial score (nSPS) is 18.1. The highest BCUT2D eigenvalue weighted by Gasteiger charge is 2.29. The van der Waals surface area contributed by atoms with E-state index in [0.29, 0.717) is 35.7 Å². The number of hydrogen-bond donors (Lipinski definition) is 3. The summed E-state index contributed by atoms with van der Waals surface area (Å²) in [5.41, 5.74) is 13.4. The van der Waals surface area contributed by atoms with E-state index in [9.17, 15) is 9.18 Å². The number of aromatic nitrogens is 3. The van der Waals surface area contributed by atoms with Gasteiger partial charge in [-0.05, 0) is 30.2 Å². The zero-order valence-electron chi connectivity index (χ0n) is 16.9. The van der Waals surface area contributed by atoms with Crippen LogP contribution in [0.1, 0.15) is 18.0 Å². The van der Waals surface area contributed by atoms with E-state index in [-0.39, 0.29) is 35.4 Å². The topological polar surface area (TPSA) is 121 Å². The Morgan fingerprint density at radius 2 is 2.12 bits per heavy atom. The molecule has 168 valence electrons. The van der Waals surface area contributed by atoms with Gasteiger partial charge in [-0.1, -0.05) is 23.2 Å². The van der Waals surface area contributed by atoms with Gasteiger partial charge in [-0.3, -0.25) is 9.48 Å². The van der Waals surface area contributed by atoms with Crippen molar-refractivity contribution in [1.29, 1.82) is 0 Å². The largest absolute Gasteiger partial charge is 0.489 e. The fourth-order valence-corrected chi connectivity index (χ4v) is 4.17. The fourth-order valence-electron chi connectivity index (χ4n) is 3.61. The highest BCUT2D eigenvalue weighted by molar-refractivity contribution is 6.36. The van der Waals surface area contributed by atoms with Crippen LogP contribution in [0, 0.1) is 5.82 Å². The van der Waals surface area contributed by atoms with Gasteiger partial charge in [0, 0.05) is 41.5 Å². The maximum Gasteiger partial charge on any atom is 0.234 e. The number of carbonyl (C=O) groups excluding carboxylic acids is 1. The van der Waals surface area contributed by atoms with E-state index in [0.717, 1.165) is 11.1 Å². The molecule has 1 amide bonds. The summed E-state index contributed by atoms with van der Waals surface area (Å²) >= 11 is 12.1.